The summed E-state index contributed by atoms with van der Waals surface area (Å²) in [6, 6.07) is 5.73. The van der Waals surface area contributed by atoms with E-state index in [1.807, 2.05) is 23.6 Å². The van der Waals surface area contributed by atoms with E-state index < -0.39 is 6.09 Å². The topological polar surface area (TPSA) is 47.6 Å². The average Bonchev–Trinajstić information content (AvgIpc) is 2.72. The van der Waals surface area contributed by atoms with Gasteiger partial charge in [0.15, 0.2) is 0 Å². The number of rotatable bonds is 3. The first-order chi connectivity index (χ1) is 8.24. The number of amides is 1. The summed E-state index contributed by atoms with van der Waals surface area (Å²) in [5.74, 6) is 0.807. The van der Waals surface area contributed by atoms with Gasteiger partial charge < -0.3 is 9.47 Å². The molecule has 0 unspecified atom stereocenters. The summed E-state index contributed by atoms with van der Waals surface area (Å²) in [5.41, 5.74) is 0.770. The van der Waals surface area contributed by atoms with E-state index in [0.29, 0.717) is 6.61 Å². The van der Waals surface area contributed by atoms with Gasteiger partial charge in [-0.3, -0.25) is 5.32 Å². The number of hydrogen-bond donors (Lipinski definition) is 1. The second kappa shape index (κ2) is 5.05. The first-order valence-electron chi connectivity index (χ1n) is 5.23. The zero-order valence-corrected chi connectivity index (χ0v) is 10.5. The van der Waals surface area contributed by atoms with Gasteiger partial charge in [0.05, 0.1) is 19.4 Å². The molecule has 0 atom stereocenters. The number of nitrogens with one attached hydrogen (secondary N) is 1. The van der Waals surface area contributed by atoms with Crippen molar-refractivity contribution in [2.45, 2.75) is 6.92 Å². The van der Waals surface area contributed by atoms with E-state index in [0.717, 1.165) is 21.5 Å². The third-order valence-electron chi connectivity index (χ3n) is 2.29. The van der Waals surface area contributed by atoms with Crippen LogP contribution >= 0.6 is 11.3 Å². The van der Waals surface area contributed by atoms with Crippen LogP contribution in [0.3, 0.4) is 0 Å². The van der Waals surface area contributed by atoms with Crippen LogP contribution in [0.1, 0.15) is 6.92 Å². The quantitative estimate of drug-likeness (QED) is 0.908. The van der Waals surface area contributed by atoms with Gasteiger partial charge >= 0.3 is 6.09 Å². The Morgan fingerprint density at radius 2 is 2.29 bits per heavy atom. The van der Waals surface area contributed by atoms with E-state index in [2.05, 4.69) is 5.32 Å². The summed E-state index contributed by atoms with van der Waals surface area (Å²) < 4.78 is 11.1. The molecule has 2 rings (SSSR count). The van der Waals surface area contributed by atoms with Crippen molar-refractivity contribution in [2.24, 2.45) is 0 Å². The second-order valence-corrected chi connectivity index (χ2v) is 4.27. The van der Waals surface area contributed by atoms with Crippen LogP contribution in [0.2, 0.25) is 0 Å². The molecule has 0 radical (unpaired) electrons. The fourth-order valence-corrected chi connectivity index (χ4v) is 2.43. The van der Waals surface area contributed by atoms with Crippen molar-refractivity contribution in [3.05, 3.63) is 23.6 Å². The average molecular weight is 251 g/mol. The Bertz CT molecular complexity index is 536. The van der Waals surface area contributed by atoms with Crippen molar-refractivity contribution in [2.75, 3.05) is 19.0 Å². The SMILES string of the molecule is CCOC(=O)Nc1csc2cc(OC)ccc12. The summed E-state index contributed by atoms with van der Waals surface area (Å²) in [6.45, 7) is 2.14. The van der Waals surface area contributed by atoms with Crippen LogP contribution in [-0.4, -0.2) is 19.8 Å². The van der Waals surface area contributed by atoms with Gasteiger partial charge in [-0.15, -0.1) is 11.3 Å². The number of anilines is 1. The summed E-state index contributed by atoms with van der Waals surface area (Å²) >= 11 is 1.55. The molecule has 0 aliphatic carbocycles. The molecule has 5 heteroatoms. The molecular formula is C12H13NO3S. The Morgan fingerprint density at radius 3 is 3.00 bits per heavy atom. The second-order valence-electron chi connectivity index (χ2n) is 3.36. The minimum Gasteiger partial charge on any atom is -0.497 e. The lowest BCUT2D eigenvalue weighted by molar-refractivity contribution is 0.168. The minimum absolute atomic E-state index is 0.363. The van der Waals surface area contributed by atoms with E-state index in [1.165, 1.54) is 0 Å². The van der Waals surface area contributed by atoms with Crippen molar-refractivity contribution < 1.29 is 14.3 Å². The number of methoxy groups -OCH3 is 1. The molecule has 0 saturated heterocycles. The molecule has 1 N–H and O–H groups in total. The number of ether oxygens (including phenoxy) is 2. The molecule has 1 amide bonds. The van der Waals surface area contributed by atoms with Gasteiger partial charge in [0.2, 0.25) is 0 Å². The van der Waals surface area contributed by atoms with Gasteiger partial charge in [-0.1, -0.05) is 0 Å². The smallest absolute Gasteiger partial charge is 0.411 e. The Balaban J connectivity index is 2.27. The molecule has 0 aliphatic heterocycles. The third-order valence-corrected chi connectivity index (χ3v) is 3.24. The van der Waals surface area contributed by atoms with Crippen molar-refractivity contribution in [1.82, 2.24) is 0 Å². The molecule has 0 spiro atoms. The number of fused-ring (bicyclic) bond motifs is 1. The normalized spacial score (nSPS) is 10.2. The number of carbonyl (C=O) groups excluding carboxylic acids is 1. The Morgan fingerprint density at radius 1 is 1.47 bits per heavy atom. The molecule has 0 fully saturated rings. The number of carbonyl (C=O) groups is 1. The maximum atomic E-state index is 11.3. The van der Waals surface area contributed by atoms with Gasteiger partial charge in [0.25, 0.3) is 0 Å². The largest absolute Gasteiger partial charge is 0.497 e. The molecule has 1 heterocycles. The van der Waals surface area contributed by atoms with Gasteiger partial charge in [-0.25, -0.2) is 4.79 Å². The summed E-state index contributed by atoms with van der Waals surface area (Å²) in [7, 11) is 1.63. The maximum absolute atomic E-state index is 11.3. The highest BCUT2D eigenvalue weighted by Gasteiger charge is 2.08. The van der Waals surface area contributed by atoms with Gasteiger partial charge in [0.1, 0.15) is 5.75 Å². The van der Waals surface area contributed by atoms with Gasteiger partial charge in [-0.2, -0.15) is 0 Å². The van der Waals surface area contributed by atoms with Crippen LogP contribution in [0, 0.1) is 0 Å². The standard InChI is InChI=1S/C12H13NO3S/c1-3-16-12(14)13-10-7-17-11-6-8(15-2)4-5-9(10)11/h4-7H,3H2,1-2H3,(H,13,14). The maximum Gasteiger partial charge on any atom is 0.411 e. The highest BCUT2D eigenvalue weighted by Crippen LogP contribution is 2.32. The molecule has 90 valence electrons. The zero-order valence-electron chi connectivity index (χ0n) is 9.65. The van der Waals surface area contributed by atoms with Crippen molar-refractivity contribution >= 4 is 33.2 Å². The molecule has 17 heavy (non-hydrogen) atoms. The van der Waals surface area contributed by atoms with Crippen LogP contribution in [0.4, 0.5) is 10.5 Å². The van der Waals surface area contributed by atoms with Crippen molar-refractivity contribution in [3.63, 3.8) is 0 Å². The lowest BCUT2D eigenvalue weighted by Gasteiger charge is -2.04. The van der Waals surface area contributed by atoms with Gasteiger partial charge in [0, 0.05) is 15.5 Å². The van der Waals surface area contributed by atoms with E-state index in [4.69, 9.17) is 9.47 Å². The fraction of sp³-hybridized carbons (Fsp3) is 0.250. The van der Waals surface area contributed by atoms with E-state index >= 15 is 0 Å². The minimum atomic E-state index is -0.428. The predicted octanol–water partition coefficient (Wildman–Crippen LogP) is 3.48. The molecular weight excluding hydrogens is 238 g/mol. The Kier molecular flexibility index (Phi) is 3.49. The number of hydrogen-bond acceptors (Lipinski definition) is 4. The fourth-order valence-electron chi connectivity index (χ4n) is 1.51. The Labute approximate surface area is 103 Å². The molecule has 1 aromatic heterocycles. The summed E-state index contributed by atoms with van der Waals surface area (Å²) in [5, 5.41) is 5.59. The van der Waals surface area contributed by atoms with E-state index in [9.17, 15) is 4.79 Å². The molecule has 1 aromatic carbocycles. The highest BCUT2D eigenvalue weighted by molar-refractivity contribution is 7.17. The summed E-state index contributed by atoms with van der Waals surface area (Å²) in [6.07, 6.45) is -0.428. The molecule has 4 nitrogen and oxygen atoms in total. The van der Waals surface area contributed by atoms with Crippen molar-refractivity contribution in [3.8, 4) is 5.75 Å². The number of benzene rings is 1. The lowest BCUT2D eigenvalue weighted by Crippen LogP contribution is -2.12. The van der Waals surface area contributed by atoms with E-state index in [-0.39, 0.29) is 0 Å². The number of thiophene rings is 1. The summed E-state index contributed by atoms with van der Waals surface area (Å²) in [4.78, 5) is 11.3. The first-order valence-corrected chi connectivity index (χ1v) is 6.11. The van der Waals surface area contributed by atoms with Crippen molar-refractivity contribution in [1.29, 1.82) is 0 Å². The first kappa shape index (κ1) is 11.7. The predicted molar refractivity (Wildman–Crippen MR) is 69.0 cm³/mol. The van der Waals surface area contributed by atoms with Gasteiger partial charge in [-0.05, 0) is 25.1 Å². The molecule has 2 aromatic rings. The lowest BCUT2D eigenvalue weighted by atomic mass is 10.2. The zero-order chi connectivity index (χ0) is 12.3. The molecule has 0 saturated carbocycles. The molecule has 0 bridgehead atoms. The monoisotopic (exact) mass is 251 g/mol. The molecule has 0 aliphatic rings. The Hall–Kier alpha value is -1.75. The highest BCUT2D eigenvalue weighted by atomic mass is 32.1. The van der Waals surface area contributed by atoms with Crippen LogP contribution in [0.25, 0.3) is 10.1 Å². The van der Waals surface area contributed by atoms with E-state index in [1.54, 1.807) is 25.4 Å². The third kappa shape index (κ3) is 2.50. The van der Waals surface area contributed by atoms with Crippen LogP contribution in [0.5, 0.6) is 5.75 Å². The van der Waals surface area contributed by atoms with Crippen LogP contribution in [0.15, 0.2) is 23.6 Å². The van der Waals surface area contributed by atoms with Crippen LogP contribution < -0.4 is 10.1 Å². The van der Waals surface area contributed by atoms with Crippen LogP contribution in [-0.2, 0) is 4.74 Å².